The highest BCUT2D eigenvalue weighted by atomic mass is 35.5. The van der Waals surface area contributed by atoms with Crippen molar-refractivity contribution in [3.8, 4) is 11.1 Å². The van der Waals surface area contributed by atoms with E-state index in [0.29, 0.717) is 29.7 Å². The molecule has 226 valence electrons. The van der Waals surface area contributed by atoms with Crippen molar-refractivity contribution >= 4 is 32.8 Å². The van der Waals surface area contributed by atoms with E-state index in [9.17, 15) is 39.9 Å². The number of hydrogen-bond acceptors (Lipinski definition) is 6. The monoisotopic (exact) mass is 633 g/mol. The fourth-order valence-electron chi connectivity index (χ4n) is 4.65. The summed E-state index contributed by atoms with van der Waals surface area (Å²) in [6, 6.07) is 17.1. The van der Waals surface area contributed by atoms with Crippen LogP contribution in [0.4, 0.5) is 32.0 Å². The van der Waals surface area contributed by atoms with E-state index >= 15 is 0 Å². The predicted molar refractivity (Wildman–Crippen MR) is 148 cm³/mol. The zero-order valence-corrected chi connectivity index (χ0v) is 23.6. The molecule has 0 aromatic heterocycles. The average Bonchev–Trinajstić information content (AvgIpc) is 3.37. The van der Waals surface area contributed by atoms with E-state index in [2.05, 4.69) is 10.4 Å². The lowest BCUT2D eigenvalue weighted by atomic mass is 9.89. The number of halogens is 7. The number of hydrazone groups is 1. The van der Waals surface area contributed by atoms with Crippen LogP contribution in [-0.4, -0.2) is 56.5 Å². The fraction of sp³-hybridized carbons (Fsp3) is 0.321. The third-order valence-corrected chi connectivity index (χ3v) is 9.07. The Morgan fingerprint density at radius 3 is 2.00 bits per heavy atom. The molecule has 3 aromatic carbocycles. The average molecular weight is 634 g/mol. The lowest BCUT2D eigenvalue weighted by Gasteiger charge is -2.32. The maximum atomic E-state index is 13.7. The van der Waals surface area contributed by atoms with E-state index in [4.69, 9.17) is 11.6 Å². The molecule has 0 saturated heterocycles. The third-order valence-electron chi connectivity index (χ3n) is 6.93. The summed E-state index contributed by atoms with van der Waals surface area (Å²) in [7, 11) is -1.75. The first-order chi connectivity index (χ1) is 19.6. The van der Waals surface area contributed by atoms with E-state index in [1.807, 2.05) is 0 Å². The van der Waals surface area contributed by atoms with Gasteiger partial charge in [-0.3, -0.25) is 5.01 Å². The van der Waals surface area contributed by atoms with Gasteiger partial charge in [0.05, 0.1) is 33.1 Å². The third kappa shape index (κ3) is 6.14. The summed E-state index contributed by atoms with van der Waals surface area (Å²) >= 11 is 6.22. The Morgan fingerprint density at radius 1 is 0.929 bits per heavy atom. The second-order valence-corrected chi connectivity index (χ2v) is 12.2. The van der Waals surface area contributed by atoms with E-state index in [1.54, 1.807) is 31.3 Å². The quantitative estimate of drug-likeness (QED) is 0.206. The molecule has 1 aliphatic heterocycles. The number of benzene rings is 3. The number of sulfone groups is 1. The minimum absolute atomic E-state index is 0.0208. The first-order valence-corrected chi connectivity index (χ1v) is 14.7. The molecular weight excluding hydrogens is 608 g/mol. The molecule has 2 N–H and O–H groups in total. The molecule has 0 fully saturated rings. The molecule has 0 spiro atoms. The van der Waals surface area contributed by atoms with Gasteiger partial charge in [-0.25, -0.2) is 8.42 Å². The van der Waals surface area contributed by atoms with Crippen LogP contribution >= 0.6 is 11.6 Å². The smallest absolute Gasteiger partial charge is 0.369 e. The van der Waals surface area contributed by atoms with Crippen LogP contribution in [0.25, 0.3) is 11.1 Å². The van der Waals surface area contributed by atoms with Crippen LogP contribution in [-0.2, 0) is 9.84 Å². The molecule has 0 saturated carbocycles. The molecular formula is C28H26ClF6N3O3S. The normalized spacial score (nSPS) is 16.5. The Balaban J connectivity index is 1.66. The molecule has 1 unspecified atom stereocenters. The van der Waals surface area contributed by atoms with Gasteiger partial charge in [-0.05, 0) is 61.0 Å². The summed E-state index contributed by atoms with van der Waals surface area (Å²) in [5.41, 5.74) is -5.03. The number of nitrogens with zero attached hydrogens (tertiary/aromatic N) is 2. The number of nitrogens with one attached hydrogen (secondary N) is 1. The zero-order valence-electron chi connectivity index (χ0n) is 22.0. The summed E-state index contributed by atoms with van der Waals surface area (Å²) in [5, 5.41) is 17.5. The molecule has 1 heterocycles. The van der Waals surface area contributed by atoms with Gasteiger partial charge >= 0.3 is 12.4 Å². The van der Waals surface area contributed by atoms with Gasteiger partial charge in [0.25, 0.3) is 5.60 Å². The Labute approximate surface area is 243 Å². The predicted octanol–water partition coefficient (Wildman–Crippen LogP) is 6.55. The van der Waals surface area contributed by atoms with Gasteiger partial charge in [-0.15, -0.1) is 0 Å². The highest BCUT2D eigenvalue weighted by molar-refractivity contribution is 7.91. The van der Waals surface area contributed by atoms with Crippen molar-refractivity contribution in [3.63, 3.8) is 0 Å². The number of para-hydroxylation sites is 1. The van der Waals surface area contributed by atoms with Crippen LogP contribution in [0, 0.1) is 0 Å². The highest BCUT2D eigenvalue weighted by Crippen LogP contribution is 2.49. The molecule has 14 heteroatoms. The lowest BCUT2D eigenvalue weighted by molar-refractivity contribution is -0.338. The van der Waals surface area contributed by atoms with Crippen LogP contribution in [0.2, 0.25) is 5.02 Å². The van der Waals surface area contributed by atoms with Gasteiger partial charge < -0.3 is 10.4 Å². The number of alkyl halides is 6. The maximum absolute atomic E-state index is 13.7. The minimum atomic E-state index is -6.08. The summed E-state index contributed by atoms with van der Waals surface area (Å²) in [6.07, 6.45) is -12.6. The van der Waals surface area contributed by atoms with Crippen LogP contribution in [0.3, 0.4) is 0 Å². The Bertz CT molecular complexity index is 1530. The van der Waals surface area contributed by atoms with Gasteiger partial charge in [0.15, 0.2) is 9.84 Å². The van der Waals surface area contributed by atoms with Crippen molar-refractivity contribution in [3.05, 3.63) is 83.4 Å². The van der Waals surface area contributed by atoms with Crippen molar-refractivity contribution < 1.29 is 39.9 Å². The van der Waals surface area contributed by atoms with Gasteiger partial charge in [0, 0.05) is 6.42 Å². The fourth-order valence-corrected chi connectivity index (χ4v) is 6.18. The van der Waals surface area contributed by atoms with Gasteiger partial charge in [-0.1, -0.05) is 60.1 Å². The lowest BCUT2D eigenvalue weighted by Crippen LogP contribution is -2.62. The van der Waals surface area contributed by atoms with Gasteiger partial charge in [0.1, 0.15) is 0 Å². The molecule has 1 aliphatic rings. The Morgan fingerprint density at radius 2 is 1.48 bits per heavy atom. The summed E-state index contributed by atoms with van der Waals surface area (Å²) in [6.45, 7) is 0.552. The Kier molecular flexibility index (Phi) is 8.98. The van der Waals surface area contributed by atoms with Crippen molar-refractivity contribution in [2.45, 2.75) is 41.7 Å². The van der Waals surface area contributed by atoms with Crippen LogP contribution < -0.4 is 10.3 Å². The molecule has 4 rings (SSSR count). The number of aliphatic hydroxyl groups is 1. The molecule has 0 aliphatic carbocycles. The van der Waals surface area contributed by atoms with Crippen LogP contribution in [0.5, 0.6) is 0 Å². The largest absolute Gasteiger partial charge is 0.431 e. The zero-order chi connectivity index (χ0) is 30.9. The first kappa shape index (κ1) is 31.8. The SMILES string of the molecule is CNCCCS(=O)(=O)c1ccc(-c2ccc(C3CC(C(O)(C(F)(F)F)C(F)(F)F)=NN3c3ccccc3Cl)cc2)cc1. The molecule has 0 radical (unpaired) electrons. The molecule has 6 nitrogen and oxygen atoms in total. The van der Waals surface area contributed by atoms with E-state index < -0.39 is 46.0 Å². The highest BCUT2D eigenvalue weighted by Gasteiger charge is 2.74. The second-order valence-electron chi connectivity index (χ2n) is 9.69. The van der Waals surface area contributed by atoms with Crippen molar-refractivity contribution in [1.82, 2.24) is 5.32 Å². The van der Waals surface area contributed by atoms with Crippen molar-refractivity contribution in [2.24, 2.45) is 5.10 Å². The molecule has 3 aromatic rings. The van der Waals surface area contributed by atoms with Crippen LogP contribution in [0.15, 0.2) is 82.8 Å². The van der Waals surface area contributed by atoms with Crippen LogP contribution in [0.1, 0.15) is 24.4 Å². The van der Waals surface area contributed by atoms with E-state index in [1.165, 1.54) is 48.5 Å². The van der Waals surface area contributed by atoms with Gasteiger partial charge in [-0.2, -0.15) is 31.4 Å². The van der Waals surface area contributed by atoms with Crippen molar-refractivity contribution in [1.29, 1.82) is 0 Å². The molecule has 1 atom stereocenters. The van der Waals surface area contributed by atoms with E-state index in [-0.39, 0.29) is 21.4 Å². The van der Waals surface area contributed by atoms with Crippen molar-refractivity contribution in [2.75, 3.05) is 24.4 Å². The van der Waals surface area contributed by atoms with Gasteiger partial charge in [0.2, 0.25) is 0 Å². The topological polar surface area (TPSA) is 82.0 Å². The molecule has 42 heavy (non-hydrogen) atoms. The molecule has 0 bridgehead atoms. The first-order valence-electron chi connectivity index (χ1n) is 12.7. The number of hydrogen-bond donors (Lipinski definition) is 2. The number of anilines is 1. The second kappa shape index (κ2) is 11.9. The Hall–Kier alpha value is -3.13. The summed E-state index contributed by atoms with van der Waals surface area (Å²) in [4.78, 5) is 0.159. The molecule has 0 amide bonds. The summed E-state index contributed by atoms with van der Waals surface area (Å²) < 4.78 is 107. The summed E-state index contributed by atoms with van der Waals surface area (Å²) in [5.74, 6) is -0.0208. The number of rotatable bonds is 9. The van der Waals surface area contributed by atoms with E-state index in [0.717, 1.165) is 5.01 Å². The minimum Gasteiger partial charge on any atom is -0.369 e. The maximum Gasteiger partial charge on any atom is 0.431 e. The standard InChI is InChI=1S/C28H26ClF6N3O3S/c1-36-15-4-16-42(40,41)21-13-11-19(12-14-21)18-7-9-20(10-8-18)24-17-25(26(39,27(30,31)32)28(33,34)35)37-38(24)23-6-3-2-5-22(23)29/h2-3,5-14,24,36,39H,4,15-17H2,1H3.